The molecule has 2 rings (SSSR count). The Balaban J connectivity index is 2.36. The van der Waals surface area contributed by atoms with E-state index < -0.39 is 0 Å². The molecule has 0 amide bonds. The maximum absolute atomic E-state index is 4.69. The lowest BCUT2D eigenvalue weighted by Gasteiger charge is -2.29. The number of rotatable bonds is 7. The number of fused-ring (bicyclic) bond motifs is 1. The molecule has 0 atom stereocenters. The lowest BCUT2D eigenvalue weighted by molar-refractivity contribution is 0.477. The van der Waals surface area contributed by atoms with Crippen LogP contribution in [0.25, 0.3) is 5.65 Å². The van der Waals surface area contributed by atoms with E-state index in [1.165, 1.54) is 0 Å². The van der Waals surface area contributed by atoms with Gasteiger partial charge in [-0.1, -0.05) is 20.8 Å². The SMILES string of the molecule is CCCNc1cn2ccnc2c(NC(C)(CC)CC)n1. The van der Waals surface area contributed by atoms with Crippen molar-refractivity contribution in [2.24, 2.45) is 0 Å². The summed E-state index contributed by atoms with van der Waals surface area (Å²) >= 11 is 0. The molecule has 110 valence electrons. The van der Waals surface area contributed by atoms with Gasteiger partial charge in [0, 0.05) is 24.5 Å². The molecule has 0 aliphatic carbocycles. The number of aromatic nitrogens is 3. The average molecular weight is 275 g/mol. The maximum Gasteiger partial charge on any atom is 0.180 e. The first kappa shape index (κ1) is 14.6. The van der Waals surface area contributed by atoms with Gasteiger partial charge >= 0.3 is 0 Å². The van der Waals surface area contributed by atoms with Crippen LogP contribution in [0.2, 0.25) is 0 Å². The summed E-state index contributed by atoms with van der Waals surface area (Å²) in [6, 6.07) is 0. The van der Waals surface area contributed by atoms with E-state index in [1.54, 1.807) is 6.20 Å². The van der Waals surface area contributed by atoms with Crippen LogP contribution in [-0.2, 0) is 0 Å². The summed E-state index contributed by atoms with van der Waals surface area (Å²) in [7, 11) is 0. The van der Waals surface area contributed by atoms with Gasteiger partial charge in [0.05, 0.1) is 6.20 Å². The van der Waals surface area contributed by atoms with E-state index in [0.717, 1.165) is 43.1 Å². The Bertz CT molecular complexity index is 556. The van der Waals surface area contributed by atoms with Gasteiger partial charge in [-0.2, -0.15) is 0 Å². The van der Waals surface area contributed by atoms with Crippen molar-refractivity contribution in [2.75, 3.05) is 17.2 Å². The van der Waals surface area contributed by atoms with Crippen LogP contribution in [0.5, 0.6) is 0 Å². The Morgan fingerprint density at radius 3 is 2.65 bits per heavy atom. The molecule has 0 saturated carbocycles. The van der Waals surface area contributed by atoms with Crippen molar-refractivity contribution in [3.05, 3.63) is 18.6 Å². The molecule has 0 unspecified atom stereocenters. The molecular weight excluding hydrogens is 250 g/mol. The van der Waals surface area contributed by atoms with Crippen molar-refractivity contribution in [3.63, 3.8) is 0 Å². The molecule has 0 bridgehead atoms. The molecule has 2 N–H and O–H groups in total. The predicted molar refractivity (Wildman–Crippen MR) is 84.4 cm³/mol. The lowest BCUT2D eigenvalue weighted by Crippen LogP contribution is -2.33. The van der Waals surface area contributed by atoms with Gasteiger partial charge in [0.25, 0.3) is 0 Å². The Labute approximate surface area is 120 Å². The minimum atomic E-state index is 0.0445. The zero-order valence-electron chi connectivity index (χ0n) is 12.9. The van der Waals surface area contributed by atoms with E-state index in [4.69, 9.17) is 0 Å². The van der Waals surface area contributed by atoms with Gasteiger partial charge in [-0.05, 0) is 26.2 Å². The molecule has 0 saturated heterocycles. The first-order valence-corrected chi connectivity index (χ1v) is 7.47. The zero-order valence-corrected chi connectivity index (χ0v) is 12.9. The second kappa shape index (κ2) is 6.11. The van der Waals surface area contributed by atoms with Crippen LogP contribution in [0, 0.1) is 0 Å². The average Bonchev–Trinajstić information content (AvgIpc) is 2.93. The number of hydrogen-bond donors (Lipinski definition) is 2. The van der Waals surface area contributed by atoms with Crippen molar-refractivity contribution < 1.29 is 0 Å². The number of hydrogen-bond acceptors (Lipinski definition) is 4. The molecule has 5 nitrogen and oxygen atoms in total. The third kappa shape index (κ3) is 3.03. The first-order valence-electron chi connectivity index (χ1n) is 7.47. The van der Waals surface area contributed by atoms with E-state index in [2.05, 4.69) is 48.3 Å². The van der Waals surface area contributed by atoms with Gasteiger partial charge in [-0.25, -0.2) is 9.97 Å². The number of imidazole rings is 1. The van der Waals surface area contributed by atoms with Gasteiger partial charge in [0.2, 0.25) is 0 Å². The van der Waals surface area contributed by atoms with Gasteiger partial charge in [-0.15, -0.1) is 0 Å². The summed E-state index contributed by atoms with van der Waals surface area (Å²) in [5, 5.41) is 6.90. The number of nitrogens with one attached hydrogen (secondary N) is 2. The maximum atomic E-state index is 4.69. The van der Waals surface area contributed by atoms with Crippen molar-refractivity contribution in [3.8, 4) is 0 Å². The third-order valence-electron chi connectivity index (χ3n) is 3.91. The van der Waals surface area contributed by atoms with Crippen molar-refractivity contribution in [1.29, 1.82) is 0 Å². The fraction of sp³-hybridized carbons (Fsp3) is 0.600. The van der Waals surface area contributed by atoms with Crippen molar-refractivity contribution in [2.45, 2.75) is 52.5 Å². The Hall–Kier alpha value is -1.78. The van der Waals surface area contributed by atoms with Crippen LogP contribution in [0.15, 0.2) is 18.6 Å². The van der Waals surface area contributed by atoms with E-state index >= 15 is 0 Å². The van der Waals surface area contributed by atoms with Crippen LogP contribution in [0.3, 0.4) is 0 Å². The van der Waals surface area contributed by atoms with E-state index in [0.29, 0.717) is 0 Å². The standard InChI is InChI=1S/C15H25N5/c1-5-8-16-12-11-20-10-9-17-14(20)13(18-12)19-15(4,6-2)7-3/h9-11,16H,5-8H2,1-4H3,(H,18,19). The van der Waals surface area contributed by atoms with Crippen LogP contribution in [0.1, 0.15) is 47.0 Å². The summed E-state index contributed by atoms with van der Waals surface area (Å²) in [4.78, 5) is 9.09. The highest BCUT2D eigenvalue weighted by Gasteiger charge is 2.21. The van der Waals surface area contributed by atoms with Gasteiger partial charge in [0.15, 0.2) is 11.5 Å². The zero-order chi connectivity index (χ0) is 14.6. The molecule has 5 heteroatoms. The Kier molecular flexibility index (Phi) is 4.47. The quantitative estimate of drug-likeness (QED) is 0.811. The highest BCUT2D eigenvalue weighted by Crippen LogP contribution is 2.24. The number of nitrogens with zero attached hydrogens (tertiary/aromatic N) is 3. The summed E-state index contributed by atoms with van der Waals surface area (Å²) in [5.74, 6) is 1.73. The van der Waals surface area contributed by atoms with Gasteiger partial charge in [-0.3, -0.25) is 0 Å². The molecule has 0 aliphatic rings. The Morgan fingerprint density at radius 2 is 2.00 bits per heavy atom. The Morgan fingerprint density at radius 1 is 1.25 bits per heavy atom. The topological polar surface area (TPSA) is 54.2 Å². The summed E-state index contributed by atoms with van der Waals surface area (Å²) in [6.45, 7) is 9.68. The van der Waals surface area contributed by atoms with Crippen molar-refractivity contribution >= 4 is 17.3 Å². The van der Waals surface area contributed by atoms with Crippen molar-refractivity contribution in [1.82, 2.24) is 14.4 Å². The summed E-state index contributed by atoms with van der Waals surface area (Å²) < 4.78 is 2.01. The largest absolute Gasteiger partial charge is 0.369 e. The van der Waals surface area contributed by atoms with E-state index in [-0.39, 0.29) is 5.54 Å². The molecule has 0 aromatic carbocycles. The molecule has 0 spiro atoms. The third-order valence-corrected chi connectivity index (χ3v) is 3.91. The normalized spacial score (nSPS) is 11.8. The van der Waals surface area contributed by atoms with E-state index in [9.17, 15) is 0 Å². The smallest absolute Gasteiger partial charge is 0.180 e. The van der Waals surface area contributed by atoms with Crippen LogP contribution >= 0.6 is 0 Å². The minimum Gasteiger partial charge on any atom is -0.369 e. The van der Waals surface area contributed by atoms with Crippen LogP contribution in [0.4, 0.5) is 11.6 Å². The van der Waals surface area contributed by atoms with Gasteiger partial charge in [0.1, 0.15) is 5.82 Å². The highest BCUT2D eigenvalue weighted by atomic mass is 15.2. The second-order valence-corrected chi connectivity index (χ2v) is 5.45. The summed E-state index contributed by atoms with van der Waals surface area (Å²) in [6.07, 6.45) is 8.91. The summed E-state index contributed by atoms with van der Waals surface area (Å²) in [5.41, 5.74) is 0.920. The highest BCUT2D eigenvalue weighted by molar-refractivity contribution is 5.66. The molecule has 2 aromatic heterocycles. The molecule has 2 heterocycles. The predicted octanol–water partition coefficient (Wildman–Crippen LogP) is 3.54. The van der Waals surface area contributed by atoms with Gasteiger partial charge < -0.3 is 15.0 Å². The van der Waals surface area contributed by atoms with E-state index in [1.807, 2.05) is 16.8 Å². The lowest BCUT2D eigenvalue weighted by atomic mass is 9.96. The molecule has 2 aromatic rings. The van der Waals surface area contributed by atoms with Crippen LogP contribution in [-0.4, -0.2) is 26.5 Å². The number of anilines is 2. The minimum absolute atomic E-state index is 0.0445. The van der Waals surface area contributed by atoms with Crippen LogP contribution < -0.4 is 10.6 Å². The molecule has 20 heavy (non-hydrogen) atoms. The molecule has 0 fully saturated rings. The first-order chi connectivity index (χ1) is 9.61. The fourth-order valence-electron chi connectivity index (χ4n) is 2.07. The monoisotopic (exact) mass is 275 g/mol. The second-order valence-electron chi connectivity index (χ2n) is 5.45. The fourth-order valence-corrected chi connectivity index (χ4v) is 2.07. The molecular formula is C15H25N5. The molecule has 0 aliphatic heterocycles. The molecule has 0 radical (unpaired) electrons.